The van der Waals surface area contributed by atoms with E-state index in [1.54, 1.807) is 0 Å². The van der Waals surface area contributed by atoms with Crippen LogP contribution in [0.5, 0.6) is 0 Å². The van der Waals surface area contributed by atoms with Crippen LogP contribution in [-0.4, -0.2) is 23.0 Å². The normalized spacial score (nSPS) is 33.9. The molecule has 2 rings (SSSR count). The lowest BCUT2D eigenvalue weighted by Gasteiger charge is -2.32. The Kier molecular flexibility index (Phi) is 4.55. The number of hydrogen-bond donors (Lipinski definition) is 0. The molecule has 1 aliphatic heterocycles. The third-order valence-corrected chi connectivity index (χ3v) is 6.89. The van der Waals surface area contributed by atoms with Gasteiger partial charge in [-0.1, -0.05) is 19.3 Å². The van der Waals surface area contributed by atoms with Gasteiger partial charge in [0.15, 0.2) is 12.0 Å². The molecule has 0 spiro atoms. The monoisotopic (exact) mass is 227 g/mol. The molecule has 0 amide bonds. The minimum atomic E-state index is 0.452. The van der Waals surface area contributed by atoms with E-state index >= 15 is 0 Å². The van der Waals surface area contributed by atoms with Crippen LogP contribution in [0.4, 0.5) is 0 Å². The van der Waals surface area contributed by atoms with Gasteiger partial charge in [-0.25, -0.2) is 0 Å². The number of rotatable bonds is 3. The van der Waals surface area contributed by atoms with Crippen molar-refractivity contribution in [2.24, 2.45) is 5.92 Å². The molecule has 2 fully saturated rings. The Morgan fingerprint density at radius 3 is 2.47 bits per heavy atom. The molecule has 0 aromatic carbocycles. The topological polar surface area (TPSA) is 17.1 Å². The number of aldehydes is 1. The number of hydrogen-bond acceptors (Lipinski definition) is 1. The van der Waals surface area contributed by atoms with Crippen LogP contribution in [0.2, 0.25) is 0 Å². The van der Waals surface area contributed by atoms with Gasteiger partial charge in [-0.2, -0.15) is 0 Å². The molecule has 1 nitrogen and oxygen atoms in total. The average molecular weight is 227 g/mol. The first-order valence-corrected chi connectivity index (χ1v) is 8.14. The van der Waals surface area contributed by atoms with Crippen molar-refractivity contribution in [2.75, 3.05) is 11.5 Å². The highest BCUT2D eigenvalue weighted by Gasteiger charge is 2.39. The molecule has 1 saturated carbocycles. The van der Waals surface area contributed by atoms with E-state index in [1.807, 2.05) is 0 Å². The van der Waals surface area contributed by atoms with Gasteiger partial charge >= 0.3 is 0 Å². The highest BCUT2D eigenvalue weighted by atomic mass is 32.2. The van der Waals surface area contributed by atoms with Gasteiger partial charge in [-0.3, -0.25) is 4.79 Å². The van der Waals surface area contributed by atoms with E-state index in [2.05, 4.69) is 0 Å². The maximum Gasteiger partial charge on any atom is 0.169 e. The Morgan fingerprint density at radius 2 is 1.73 bits per heavy atom. The second kappa shape index (κ2) is 5.93. The molecule has 2 atom stereocenters. The van der Waals surface area contributed by atoms with Crippen LogP contribution in [0.15, 0.2) is 0 Å². The summed E-state index contributed by atoms with van der Waals surface area (Å²) in [5.74, 6) is 3.18. The first-order chi connectivity index (χ1) is 7.42. The summed E-state index contributed by atoms with van der Waals surface area (Å²) in [6.07, 6.45) is 12.6. The first-order valence-electron chi connectivity index (χ1n) is 6.52. The largest absolute Gasteiger partial charge is 0.298 e. The molecule has 1 aliphatic carbocycles. The summed E-state index contributed by atoms with van der Waals surface area (Å²) in [5, 5.41) is 0.921. The summed E-state index contributed by atoms with van der Waals surface area (Å²) in [6.45, 7) is 0. The summed E-state index contributed by atoms with van der Waals surface area (Å²) < 4.78 is 0. The van der Waals surface area contributed by atoms with Crippen LogP contribution >= 0.6 is 0 Å². The van der Waals surface area contributed by atoms with Crippen LogP contribution in [0, 0.1) is 5.92 Å². The molecular weight excluding hydrogens is 204 g/mol. The number of carbonyl (C=O) groups is 1. The van der Waals surface area contributed by atoms with Crippen LogP contribution < -0.4 is 0 Å². The zero-order valence-corrected chi connectivity index (χ0v) is 10.4. The molecule has 0 N–H and O–H groups in total. The maximum atomic E-state index is 10.7. The SMILES string of the molecule is O=CC[S+]1CCCCC1C1CCCCC1. The Morgan fingerprint density at radius 1 is 1.00 bits per heavy atom. The van der Waals surface area contributed by atoms with Gasteiger partial charge < -0.3 is 0 Å². The van der Waals surface area contributed by atoms with E-state index in [0.29, 0.717) is 10.9 Å². The van der Waals surface area contributed by atoms with E-state index in [-0.39, 0.29) is 0 Å². The van der Waals surface area contributed by atoms with Crippen LogP contribution in [0.3, 0.4) is 0 Å². The molecule has 2 unspecified atom stereocenters. The smallest absolute Gasteiger partial charge is 0.169 e. The maximum absolute atomic E-state index is 10.7. The van der Waals surface area contributed by atoms with Crippen molar-refractivity contribution in [3.8, 4) is 0 Å². The van der Waals surface area contributed by atoms with Gasteiger partial charge in [0.05, 0.1) is 0 Å². The van der Waals surface area contributed by atoms with Gasteiger partial charge in [-0.15, -0.1) is 0 Å². The van der Waals surface area contributed by atoms with Crippen molar-refractivity contribution in [1.29, 1.82) is 0 Å². The summed E-state index contributed by atoms with van der Waals surface area (Å²) in [7, 11) is 0.452. The molecule has 0 aromatic rings. The fourth-order valence-electron chi connectivity index (χ4n) is 3.26. The second-order valence-electron chi connectivity index (χ2n) is 5.01. The molecule has 2 aliphatic rings. The summed E-state index contributed by atoms with van der Waals surface area (Å²) in [4.78, 5) is 10.7. The van der Waals surface area contributed by atoms with Crippen LogP contribution in [0.1, 0.15) is 51.4 Å². The van der Waals surface area contributed by atoms with E-state index in [9.17, 15) is 4.79 Å². The highest BCUT2D eigenvalue weighted by molar-refractivity contribution is 7.98. The number of carbonyl (C=O) groups excluding carboxylic acids is 1. The summed E-state index contributed by atoms with van der Waals surface area (Å²) in [6, 6.07) is 0. The minimum Gasteiger partial charge on any atom is -0.298 e. The van der Waals surface area contributed by atoms with E-state index < -0.39 is 0 Å². The highest BCUT2D eigenvalue weighted by Crippen LogP contribution is 2.35. The Hall–Kier alpha value is 0.0200. The molecule has 15 heavy (non-hydrogen) atoms. The van der Waals surface area contributed by atoms with Gasteiger partial charge in [0.2, 0.25) is 0 Å². The summed E-state index contributed by atoms with van der Waals surface area (Å²) in [5.41, 5.74) is 0. The van der Waals surface area contributed by atoms with Crippen LogP contribution in [-0.2, 0) is 15.7 Å². The third kappa shape index (κ3) is 2.99. The molecule has 2 heteroatoms. The lowest BCUT2D eigenvalue weighted by Crippen LogP contribution is -2.38. The lowest BCUT2D eigenvalue weighted by molar-refractivity contribution is -0.105. The van der Waals surface area contributed by atoms with E-state index in [4.69, 9.17) is 0 Å². The van der Waals surface area contributed by atoms with Crippen molar-refractivity contribution in [3.63, 3.8) is 0 Å². The predicted molar refractivity (Wildman–Crippen MR) is 67.4 cm³/mol. The molecule has 0 bridgehead atoms. The van der Waals surface area contributed by atoms with E-state index in [0.717, 1.165) is 16.9 Å². The van der Waals surface area contributed by atoms with Crippen molar-refractivity contribution in [1.82, 2.24) is 0 Å². The molecule has 86 valence electrons. The second-order valence-corrected chi connectivity index (χ2v) is 7.43. The van der Waals surface area contributed by atoms with Crippen molar-refractivity contribution in [3.05, 3.63) is 0 Å². The van der Waals surface area contributed by atoms with Crippen molar-refractivity contribution < 1.29 is 4.79 Å². The van der Waals surface area contributed by atoms with Crippen molar-refractivity contribution >= 4 is 17.2 Å². The quantitative estimate of drug-likeness (QED) is 0.535. The standard InChI is InChI=1S/C13H23OS/c14-9-11-15-10-5-4-8-13(15)12-6-2-1-3-7-12/h9,12-13H,1-8,10-11H2/q+1. The Bertz CT molecular complexity index is 199. The fourth-order valence-corrected chi connectivity index (χ4v) is 6.04. The van der Waals surface area contributed by atoms with Crippen molar-refractivity contribution in [2.45, 2.75) is 56.6 Å². The molecule has 0 radical (unpaired) electrons. The predicted octanol–water partition coefficient (Wildman–Crippen LogP) is 2.94. The Balaban J connectivity index is 1.93. The molecule has 1 saturated heterocycles. The van der Waals surface area contributed by atoms with Gasteiger partial charge in [0, 0.05) is 5.92 Å². The molecule has 0 aromatic heterocycles. The molecule has 1 heterocycles. The molecular formula is C13H23OS+. The van der Waals surface area contributed by atoms with Crippen LogP contribution in [0.25, 0.3) is 0 Å². The third-order valence-electron chi connectivity index (χ3n) is 4.03. The van der Waals surface area contributed by atoms with Gasteiger partial charge in [0.25, 0.3) is 0 Å². The van der Waals surface area contributed by atoms with Gasteiger partial charge in [-0.05, 0) is 43.0 Å². The zero-order valence-electron chi connectivity index (χ0n) is 9.62. The van der Waals surface area contributed by atoms with E-state index in [1.165, 1.54) is 63.4 Å². The minimum absolute atomic E-state index is 0.452. The first kappa shape index (κ1) is 11.5. The lowest BCUT2D eigenvalue weighted by atomic mass is 9.85. The zero-order chi connectivity index (χ0) is 10.5. The Labute approximate surface area is 96.4 Å². The van der Waals surface area contributed by atoms with Gasteiger partial charge in [0.1, 0.15) is 11.0 Å². The summed E-state index contributed by atoms with van der Waals surface area (Å²) >= 11 is 0. The fraction of sp³-hybridized carbons (Fsp3) is 0.923. The average Bonchev–Trinajstić information content (AvgIpc) is 2.31.